The van der Waals surface area contributed by atoms with E-state index >= 15 is 0 Å². The minimum atomic E-state index is -0.308. The number of aromatic nitrogens is 1. The largest absolute Gasteiger partial charge is 0.361 e. The zero-order chi connectivity index (χ0) is 17.2. The van der Waals surface area contributed by atoms with E-state index in [1.807, 2.05) is 18.3 Å². The molecule has 4 nitrogen and oxygen atoms in total. The van der Waals surface area contributed by atoms with E-state index in [2.05, 4.69) is 22.4 Å². The smallest absolute Gasteiger partial charge is 0.321 e. The first-order valence-electron chi connectivity index (χ1n) is 8.61. The Morgan fingerprint density at radius 2 is 2.12 bits per heavy atom. The molecule has 0 radical (unpaired) electrons. The lowest BCUT2D eigenvalue weighted by Gasteiger charge is -2.18. The number of hydrogen-bond donors (Lipinski definition) is 2. The van der Waals surface area contributed by atoms with Crippen molar-refractivity contribution in [3.8, 4) is 0 Å². The van der Waals surface area contributed by atoms with E-state index in [4.69, 9.17) is 0 Å². The Morgan fingerprint density at radius 3 is 3.04 bits per heavy atom. The molecule has 1 aliphatic rings. The van der Waals surface area contributed by atoms with Crippen LogP contribution < -0.4 is 10.2 Å². The number of rotatable bonds is 4. The number of carbonyl (C=O) groups excluding carboxylic acids is 1. The average Bonchev–Trinajstić information content (AvgIpc) is 3.22. The molecule has 1 aliphatic heterocycles. The van der Waals surface area contributed by atoms with Crippen molar-refractivity contribution in [2.75, 3.05) is 18.0 Å². The first kappa shape index (κ1) is 15.7. The summed E-state index contributed by atoms with van der Waals surface area (Å²) in [5.74, 6) is -0.308. The Hall–Kier alpha value is -2.82. The Labute approximate surface area is 145 Å². The number of fused-ring (bicyclic) bond motifs is 2. The number of carbonyl (C=O) groups is 1. The van der Waals surface area contributed by atoms with E-state index in [0.29, 0.717) is 18.8 Å². The number of anilines is 1. The predicted molar refractivity (Wildman–Crippen MR) is 97.5 cm³/mol. The lowest BCUT2D eigenvalue weighted by Crippen LogP contribution is -2.39. The maximum atomic E-state index is 13.4. The van der Waals surface area contributed by atoms with Crippen molar-refractivity contribution in [3.63, 3.8) is 0 Å². The molecule has 0 aliphatic carbocycles. The first-order valence-corrected chi connectivity index (χ1v) is 8.61. The van der Waals surface area contributed by atoms with Crippen molar-refractivity contribution < 1.29 is 9.18 Å². The Bertz CT molecular complexity index is 918. The third-order valence-corrected chi connectivity index (χ3v) is 4.76. The molecule has 128 valence electrons. The molecule has 0 fully saturated rings. The van der Waals surface area contributed by atoms with E-state index in [1.54, 1.807) is 11.0 Å². The van der Waals surface area contributed by atoms with Crippen molar-refractivity contribution in [3.05, 3.63) is 65.6 Å². The quantitative estimate of drug-likeness (QED) is 0.694. The molecule has 0 atom stereocenters. The van der Waals surface area contributed by atoms with Crippen LogP contribution >= 0.6 is 0 Å². The van der Waals surface area contributed by atoms with E-state index in [0.717, 1.165) is 30.3 Å². The van der Waals surface area contributed by atoms with Crippen LogP contribution in [0.5, 0.6) is 0 Å². The van der Waals surface area contributed by atoms with Crippen LogP contribution in [0, 0.1) is 5.82 Å². The molecule has 2 heterocycles. The minimum absolute atomic E-state index is 0.150. The van der Waals surface area contributed by atoms with Gasteiger partial charge in [0.15, 0.2) is 0 Å². The zero-order valence-corrected chi connectivity index (χ0v) is 13.9. The Balaban J connectivity index is 1.32. The normalized spacial score (nSPS) is 13.2. The van der Waals surface area contributed by atoms with E-state index in [-0.39, 0.29) is 11.8 Å². The third-order valence-electron chi connectivity index (χ3n) is 4.76. The molecule has 2 amide bonds. The fourth-order valence-electron chi connectivity index (χ4n) is 3.47. The summed E-state index contributed by atoms with van der Waals surface area (Å²) >= 11 is 0. The second-order valence-corrected chi connectivity index (χ2v) is 6.37. The summed E-state index contributed by atoms with van der Waals surface area (Å²) in [5, 5.41) is 4.18. The highest BCUT2D eigenvalue weighted by molar-refractivity contribution is 5.94. The highest BCUT2D eigenvalue weighted by Crippen LogP contribution is 2.28. The van der Waals surface area contributed by atoms with Gasteiger partial charge in [0.1, 0.15) is 5.82 Å². The summed E-state index contributed by atoms with van der Waals surface area (Å²) < 4.78 is 13.4. The summed E-state index contributed by atoms with van der Waals surface area (Å²) in [6.07, 6.45) is 4.57. The first-order chi connectivity index (χ1) is 12.2. The van der Waals surface area contributed by atoms with E-state index in [1.165, 1.54) is 23.1 Å². The average molecular weight is 337 g/mol. The number of amides is 2. The van der Waals surface area contributed by atoms with Gasteiger partial charge in [0, 0.05) is 30.2 Å². The van der Waals surface area contributed by atoms with Gasteiger partial charge in [-0.1, -0.05) is 24.3 Å². The maximum absolute atomic E-state index is 13.4. The number of urea groups is 1. The van der Waals surface area contributed by atoms with Gasteiger partial charge in [-0.15, -0.1) is 0 Å². The number of H-pyrrole nitrogens is 1. The number of aryl methyl sites for hydroxylation is 1. The van der Waals surface area contributed by atoms with Crippen LogP contribution in [0.15, 0.2) is 48.7 Å². The molecule has 1 aromatic heterocycles. The molecule has 0 bridgehead atoms. The van der Waals surface area contributed by atoms with Crippen LogP contribution in [0.2, 0.25) is 0 Å². The van der Waals surface area contributed by atoms with Gasteiger partial charge in [0.2, 0.25) is 0 Å². The molecule has 0 saturated heterocycles. The van der Waals surface area contributed by atoms with Crippen LogP contribution in [0.4, 0.5) is 14.9 Å². The molecule has 0 unspecified atom stereocenters. The molecule has 0 saturated carbocycles. The third kappa shape index (κ3) is 3.09. The second-order valence-electron chi connectivity index (χ2n) is 6.37. The molecule has 5 heteroatoms. The SMILES string of the molecule is O=C(NCCCc1c[nH]c2ccccc12)N1CCc2ccc(F)cc21. The molecule has 0 spiro atoms. The molecular weight excluding hydrogens is 317 g/mol. The van der Waals surface area contributed by atoms with Crippen LogP contribution in [0.1, 0.15) is 17.5 Å². The van der Waals surface area contributed by atoms with Gasteiger partial charge in [-0.25, -0.2) is 9.18 Å². The number of hydrogen-bond acceptors (Lipinski definition) is 1. The van der Waals surface area contributed by atoms with Crippen molar-refractivity contribution >= 4 is 22.6 Å². The standard InChI is InChI=1S/C20H20FN3O/c21-16-8-7-14-9-11-24(19(14)12-16)20(25)22-10-3-4-15-13-23-18-6-2-1-5-17(15)18/h1-2,5-8,12-13,23H,3-4,9-11H2,(H,22,25). The van der Waals surface area contributed by atoms with Gasteiger partial charge in [-0.05, 0) is 48.6 Å². The number of benzene rings is 2. The van der Waals surface area contributed by atoms with Crippen LogP contribution in [-0.4, -0.2) is 24.1 Å². The van der Waals surface area contributed by atoms with Crippen molar-refractivity contribution in [1.29, 1.82) is 0 Å². The molecule has 4 rings (SSSR count). The van der Waals surface area contributed by atoms with E-state index in [9.17, 15) is 9.18 Å². The van der Waals surface area contributed by atoms with Gasteiger partial charge in [0.05, 0.1) is 5.69 Å². The Kier molecular flexibility index (Phi) is 4.14. The van der Waals surface area contributed by atoms with Gasteiger partial charge in [0.25, 0.3) is 0 Å². The lowest BCUT2D eigenvalue weighted by atomic mass is 10.1. The molecule has 2 N–H and O–H groups in total. The summed E-state index contributed by atoms with van der Waals surface area (Å²) in [7, 11) is 0. The number of aromatic amines is 1. The van der Waals surface area contributed by atoms with Crippen LogP contribution in [0.25, 0.3) is 10.9 Å². The summed E-state index contributed by atoms with van der Waals surface area (Å²) in [4.78, 5) is 17.3. The monoisotopic (exact) mass is 337 g/mol. The van der Waals surface area contributed by atoms with Gasteiger partial charge in [-0.3, -0.25) is 4.90 Å². The van der Waals surface area contributed by atoms with E-state index < -0.39 is 0 Å². The number of para-hydroxylation sites is 1. The van der Waals surface area contributed by atoms with Gasteiger partial charge < -0.3 is 10.3 Å². The summed E-state index contributed by atoms with van der Waals surface area (Å²) in [5.41, 5.74) is 4.11. The predicted octanol–water partition coefficient (Wildman–Crippen LogP) is 4.01. The minimum Gasteiger partial charge on any atom is -0.361 e. The zero-order valence-electron chi connectivity index (χ0n) is 13.9. The highest BCUT2D eigenvalue weighted by Gasteiger charge is 2.24. The fraction of sp³-hybridized carbons (Fsp3) is 0.250. The van der Waals surface area contributed by atoms with Crippen molar-refractivity contribution in [2.24, 2.45) is 0 Å². The second kappa shape index (κ2) is 6.59. The highest BCUT2D eigenvalue weighted by atomic mass is 19.1. The number of nitrogens with one attached hydrogen (secondary N) is 2. The van der Waals surface area contributed by atoms with Crippen LogP contribution in [-0.2, 0) is 12.8 Å². The number of nitrogens with zero attached hydrogens (tertiary/aromatic N) is 1. The fourth-order valence-corrected chi connectivity index (χ4v) is 3.47. The van der Waals surface area contributed by atoms with Gasteiger partial charge >= 0.3 is 6.03 Å². The molecule has 2 aromatic carbocycles. The summed E-state index contributed by atoms with van der Waals surface area (Å²) in [6.45, 7) is 1.20. The topological polar surface area (TPSA) is 48.1 Å². The molecule has 25 heavy (non-hydrogen) atoms. The van der Waals surface area contributed by atoms with Gasteiger partial charge in [-0.2, -0.15) is 0 Å². The van der Waals surface area contributed by atoms with Crippen molar-refractivity contribution in [1.82, 2.24) is 10.3 Å². The Morgan fingerprint density at radius 1 is 1.24 bits per heavy atom. The summed E-state index contributed by atoms with van der Waals surface area (Å²) in [6, 6.07) is 12.7. The van der Waals surface area contributed by atoms with Crippen molar-refractivity contribution in [2.45, 2.75) is 19.3 Å². The lowest BCUT2D eigenvalue weighted by molar-refractivity contribution is 0.246. The molecular formula is C20H20FN3O. The molecule has 3 aromatic rings. The number of halogens is 1. The van der Waals surface area contributed by atoms with Crippen LogP contribution in [0.3, 0.4) is 0 Å². The maximum Gasteiger partial charge on any atom is 0.321 e.